The Hall–Kier alpha value is -3.12. The molecule has 0 unspecified atom stereocenters. The average Bonchev–Trinajstić information content (AvgIpc) is 2.70. The highest BCUT2D eigenvalue weighted by atomic mass is 32.2. The van der Waals surface area contributed by atoms with Crippen molar-refractivity contribution < 1.29 is 8.42 Å². The van der Waals surface area contributed by atoms with E-state index < -0.39 is 10.0 Å². The van der Waals surface area contributed by atoms with E-state index in [-0.39, 0.29) is 17.0 Å². The van der Waals surface area contributed by atoms with E-state index in [0.717, 1.165) is 22.0 Å². The summed E-state index contributed by atoms with van der Waals surface area (Å²) < 4.78 is 29.8. The molecule has 2 aromatic carbocycles. The second-order valence-electron chi connectivity index (χ2n) is 6.86. The van der Waals surface area contributed by atoms with Gasteiger partial charge >= 0.3 is 0 Å². The molecule has 1 heterocycles. The summed E-state index contributed by atoms with van der Waals surface area (Å²) in [6.07, 6.45) is 3.75. The minimum atomic E-state index is -3.80. The molecule has 29 heavy (non-hydrogen) atoms. The molecule has 3 aromatic rings. The van der Waals surface area contributed by atoms with Crippen LogP contribution in [0.3, 0.4) is 0 Å². The minimum absolute atomic E-state index is 0.120. The Morgan fingerprint density at radius 2 is 1.69 bits per heavy atom. The summed E-state index contributed by atoms with van der Waals surface area (Å²) in [5, 5.41) is 0.817. The molecule has 0 spiro atoms. The van der Waals surface area contributed by atoms with E-state index in [9.17, 15) is 13.2 Å². The van der Waals surface area contributed by atoms with E-state index in [1.807, 2.05) is 6.92 Å². The van der Waals surface area contributed by atoms with Crippen molar-refractivity contribution >= 4 is 26.6 Å². The van der Waals surface area contributed by atoms with Crippen LogP contribution in [0.1, 0.15) is 11.1 Å². The zero-order valence-corrected chi connectivity index (χ0v) is 17.4. The lowest BCUT2D eigenvalue weighted by Crippen LogP contribution is -2.32. The predicted molar refractivity (Wildman–Crippen MR) is 119 cm³/mol. The van der Waals surface area contributed by atoms with Gasteiger partial charge in [-0.05, 0) is 49.2 Å². The van der Waals surface area contributed by atoms with Gasteiger partial charge in [0.15, 0.2) is 0 Å². The molecule has 0 aliphatic rings. The normalized spacial score (nSPS) is 11.4. The lowest BCUT2D eigenvalue weighted by atomic mass is 10.0. The number of hydrogen-bond donors (Lipinski definition) is 0. The van der Waals surface area contributed by atoms with Crippen molar-refractivity contribution in [1.29, 1.82) is 0 Å². The van der Waals surface area contributed by atoms with Gasteiger partial charge in [-0.3, -0.25) is 9.10 Å². The second kappa shape index (κ2) is 8.09. The van der Waals surface area contributed by atoms with Gasteiger partial charge in [-0.15, -0.1) is 13.2 Å². The maximum atomic E-state index is 13.4. The highest BCUT2D eigenvalue weighted by Crippen LogP contribution is 2.32. The topological polar surface area (TPSA) is 59.4 Å². The number of aryl methyl sites for hydroxylation is 2. The van der Waals surface area contributed by atoms with Gasteiger partial charge in [-0.2, -0.15) is 0 Å². The van der Waals surface area contributed by atoms with Gasteiger partial charge in [0.05, 0.1) is 22.6 Å². The molecule has 0 saturated carbocycles. The molecule has 0 N–H and O–H groups in total. The van der Waals surface area contributed by atoms with E-state index in [0.29, 0.717) is 12.1 Å². The van der Waals surface area contributed by atoms with Gasteiger partial charge in [-0.1, -0.05) is 29.8 Å². The third kappa shape index (κ3) is 3.76. The fourth-order valence-corrected chi connectivity index (χ4v) is 4.84. The summed E-state index contributed by atoms with van der Waals surface area (Å²) in [5.74, 6) is 0. The lowest BCUT2D eigenvalue weighted by molar-refractivity contribution is 0.592. The van der Waals surface area contributed by atoms with Gasteiger partial charge in [0.2, 0.25) is 0 Å². The Bertz CT molecular complexity index is 1240. The molecule has 0 saturated heterocycles. The smallest absolute Gasteiger partial charge is 0.264 e. The maximum absolute atomic E-state index is 13.4. The summed E-state index contributed by atoms with van der Waals surface area (Å²) >= 11 is 0. The van der Waals surface area contributed by atoms with E-state index >= 15 is 0 Å². The molecule has 0 fully saturated rings. The van der Waals surface area contributed by atoms with Gasteiger partial charge in [0, 0.05) is 18.5 Å². The SMILES string of the molecule is C=CCc1c(N(CC=C)S(=O)(=O)c2ccc(C)cc2)ccc2c1ccc(=O)n2C. The molecule has 0 atom stereocenters. The van der Waals surface area contributed by atoms with Crippen molar-refractivity contribution in [2.24, 2.45) is 7.05 Å². The van der Waals surface area contributed by atoms with E-state index in [1.54, 1.807) is 66.2 Å². The molecule has 5 nitrogen and oxygen atoms in total. The summed E-state index contributed by atoms with van der Waals surface area (Å²) in [4.78, 5) is 12.2. The summed E-state index contributed by atoms with van der Waals surface area (Å²) in [7, 11) is -2.10. The minimum Gasteiger partial charge on any atom is -0.311 e. The molecule has 150 valence electrons. The molecular formula is C23H24N2O3S. The number of aromatic nitrogens is 1. The molecule has 3 rings (SSSR count). The molecule has 0 bridgehead atoms. The van der Waals surface area contributed by atoms with Crippen LogP contribution in [0.5, 0.6) is 0 Å². The number of pyridine rings is 1. The second-order valence-corrected chi connectivity index (χ2v) is 8.72. The van der Waals surface area contributed by atoms with Crippen LogP contribution in [0, 0.1) is 6.92 Å². The number of anilines is 1. The van der Waals surface area contributed by atoms with Crippen molar-refractivity contribution in [2.75, 3.05) is 10.8 Å². The Balaban J connectivity index is 2.29. The van der Waals surface area contributed by atoms with Gasteiger partial charge in [0.1, 0.15) is 0 Å². The number of allylic oxidation sites excluding steroid dienone is 1. The molecule has 6 heteroatoms. The van der Waals surface area contributed by atoms with Crippen LogP contribution in [-0.2, 0) is 23.5 Å². The van der Waals surface area contributed by atoms with Crippen molar-refractivity contribution in [3.05, 3.63) is 95.3 Å². The average molecular weight is 409 g/mol. The van der Waals surface area contributed by atoms with Crippen molar-refractivity contribution in [1.82, 2.24) is 4.57 Å². The maximum Gasteiger partial charge on any atom is 0.264 e. The number of hydrogen-bond acceptors (Lipinski definition) is 3. The fraction of sp³-hybridized carbons (Fsp3) is 0.174. The zero-order valence-electron chi connectivity index (χ0n) is 16.6. The molecule has 1 aromatic heterocycles. The van der Waals surface area contributed by atoms with Crippen LogP contribution >= 0.6 is 0 Å². The van der Waals surface area contributed by atoms with Gasteiger partial charge in [0.25, 0.3) is 15.6 Å². The van der Waals surface area contributed by atoms with Gasteiger partial charge in [-0.25, -0.2) is 8.42 Å². The van der Waals surface area contributed by atoms with E-state index in [2.05, 4.69) is 13.2 Å². The highest BCUT2D eigenvalue weighted by Gasteiger charge is 2.26. The first kappa shape index (κ1) is 20.6. The number of fused-ring (bicyclic) bond motifs is 1. The molecule has 0 aliphatic heterocycles. The van der Waals surface area contributed by atoms with Crippen LogP contribution in [-0.4, -0.2) is 19.5 Å². The number of nitrogens with zero attached hydrogens (tertiary/aromatic N) is 2. The Morgan fingerprint density at radius 1 is 1.00 bits per heavy atom. The Labute approximate surface area is 171 Å². The van der Waals surface area contributed by atoms with E-state index in [1.165, 1.54) is 10.4 Å². The summed E-state index contributed by atoms with van der Waals surface area (Å²) in [6.45, 7) is 9.59. The largest absolute Gasteiger partial charge is 0.311 e. The number of rotatable bonds is 7. The lowest BCUT2D eigenvalue weighted by Gasteiger charge is -2.26. The quantitative estimate of drug-likeness (QED) is 0.556. The molecule has 0 aliphatic carbocycles. The Morgan fingerprint density at radius 3 is 2.31 bits per heavy atom. The number of sulfonamides is 1. The van der Waals surface area contributed by atoms with Crippen LogP contribution in [0.2, 0.25) is 0 Å². The fourth-order valence-electron chi connectivity index (χ4n) is 3.38. The van der Waals surface area contributed by atoms with Crippen molar-refractivity contribution in [3.63, 3.8) is 0 Å². The highest BCUT2D eigenvalue weighted by molar-refractivity contribution is 7.92. The van der Waals surface area contributed by atoms with E-state index in [4.69, 9.17) is 0 Å². The van der Waals surface area contributed by atoms with Crippen molar-refractivity contribution in [2.45, 2.75) is 18.2 Å². The summed E-state index contributed by atoms with van der Waals surface area (Å²) in [5.41, 5.74) is 2.95. The summed E-state index contributed by atoms with van der Waals surface area (Å²) in [6, 6.07) is 13.5. The van der Waals surface area contributed by atoms with Crippen LogP contribution in [0.4, 0.5) is 5.69 Å². The third-order valence-corrected chi connectivity index (χ3v) is 6.71. The number of benzene rings is 2. The first-order chi connectivity index (χ1) is 13.8. The standard InChI is InChI=1S/C23H24N2O3S/c1-5-7-19-20-12-15-23(26)24(4)21(20)13-14-22(19)25(16-6-2)29(27,28)18-10-8-17(3)9-11-18/h5-6,8-15H,1-2,7,16H2,3-4H3. The third-order valence-electron chi connectivity index (χ3n) is 4.91. The Kier molecular flexibility index (Phi) is 5.75. The predicted octanol–water partition coefficient (Wildman–Crippen LogP) is 3.96. The molecule has 0 radical (unpaired) electrons. The van der Waals surface area contributed by atoms with Gasteiger partial charge < -0.3 is 4.57 Å². The first-order valence-corrected chi connectivity index (χ1v) is 10.7. The molecular weight excluding hydrogens is 384 g/mol. The zero-order chi connectivity index (χ0) is 21.2. The van der Waals surface area contributed by atoms with Crippen LogP contribution < -0.4 is 9.86 Å². The van der Waals surface area contributed by atoms with Crippen LogP contribution in [0.25, 0.3) is 10.9 Å². The van der Waals surface area contributed by atoms with Crippen molar-refractivity contribution in [3.8, 4) is 0 Å². The first-order valence-electron chi connectivity index (χ1n) is 9.24. The molecule has 0 amide bonds. The monoisotopic (exact) mass is 408 g/mol. The van der Waals surface area contributed by atoms with Crippen LogP contribution in [0.15, 0.2) is 83.5 Å².